The minimum Gasteiger partial charge on any atom is -0.462 e. The van der Waals surface area contributed by atoms with Gasteiger partial charge in [0.25, 0.3) is 0 Å². The Bertz CT molecular complexity index is 338. The molecule has 1 rings (SSSR count). The van der Waals surface area contributed by atoms with Crippen molar-refractivity contribution >= 4 is 5.97 Å². The third-order valence-electron chi connectivity index (χ3n) is 1.73. The third-order valence-corrected chi connectivity index (χ3v) is 1.73. The van der Waals surface area contributed by atoms with Crippen LogP contribution in [-0.2, 0) is 4.74 Å². The molecule has 0 aliphatic heterocycles. The minimum atomic E-state index is -0.888. The summed E-state index contributed by atoms with van der Waals surface area (Å²) < 4.78 is 30.4. The molecule has 0 aromatic heterocycles. The van der Waals surface area contributed by atoms with E-state index < -0.39 is 17.6 Å². The number of benzene rings is 1. The van der Waals surface area contributed by atoms with Crippen LogP contribution in [0.4, 0.5) is 8.78 Å². The molecule has 76 valence electrons. The van der Waals surface area contributed by atoms with Gasteiger partial charge in [0.15, 0.2) is 0 Å². The first-order valence-electron chi connectivity index (χ1n) is 4.19. The van der Waals surface area contributed by atoms with Gasteiger partial charge in [0.05, 0.1) is 12.2 Å². The molecule has 4 heteroatoms. The highest BCUT2D eigenvalue weighted by Gasteiger charge is 2.16. The second kappa shape index (κ2) is 4.17. The Hall–Kier alpha value is -1.45. The molecule has 0 aliphatic rings. The van der Waals surface area contributed by atoms with E-state index in [9.17, 15) is 13.6 Å². The predicted molar refractivity (Wildman–Crippen MR) is 47.1 cm³/mol. The molecule has 0 saturated heterocycles. The van der Waals surface area contributed by atoms with Crippen molar-refractivity contribution in [2.24, 2.45) is 0 Å². The van der Waals surface area contributed by atoms with E-state index in [-0.39, 0.29) is 17.7 Å². The lowest BCUT2D eigenvalue weighted by molar-refractivity contribution is 0.0520. The van der Waals surface area contributed by atoms with E-state index >= 15 is 0 Å². The molecule has 0 heterocycles. The molecule has 1 aromatic rings. The van der Waals surface area contributed by atoms with E-state index in [1.165, 1.54) is 6.92 Å². The Balaban J connectivity index is 3.14. The Morgan fingerprint density at radius 2 is 2.07 bits per heavy atom. The number of aryl methyl sites for hydroxylation is 1. The normalized spacial score (nSPS) is 10.0. The van der Waals surface area contributed by atoms with Gasteiger partial charge in [-0.15, -0.1) is 0 Å². The van der Waals surface area contributed by atoms with E-state index in [1.54, 1.807) is 6.92 Å². The molecule has 1 aromatic carbocycles. The maximum absolute atomic E-state index is 13.1. The van der Waals surface area contributed by atoms with Gasteiger partial charge in [0.2, 0.25) is 0 Å². The van der Waals surface area contributed by atoms with Crippen LogP contribution < -0.4 is 0 Å². The number of rotatable bonds is 2. The van der Waals surface area contributed by atoms with Gasteiger partial charge >= 0.3 is 5.97 Å². The highest BCUT2D eigenvalue weighted by Crippen LogP contribution is 2.16. The zero-order valence-corrected chi connectivity index (χ0v) is 7.93. The van der Waals surface area contributed by atoms with Gasteiger partial charge in [-0.2, -0.15) is 0 Å². The van der Waals surface area contributed by atoms with Gasteiger partial charge < -0.3 is 4.74 Å². The summed E-state index contributed by atoms with van der Waals surface area (Å²) in [5.74, 6) is -2.35. The van der Waals surface area contributed by atoms with Crippen LogP contribution in [0.5, 0.6) is 0 Å². The summed E-state index contributed by atoms with van der Waals surface area (Å²) in [6, 6.07) is 1.76. The van der Waals surface area contributed by atoms with Crippen molar-refractivity contribution in [3.8, 4) is 0 Å². The molecular weight excluding hydrogens is 190 g/mol. The largest absolute Gasteiger partial charge is 0.462 e. The van der Waals surface area contributed by atoms with Gasteiger partial charge in [-0.05, 0) is 25.5 Å². The first kappa shape index (κ1) is 10.6. The Labute approximate surface area is 80.5 Å². The van der Waals surface area contributed by atoms with Crippen LogP contribution in [0, 0.1) is 18.6 Å². The topological polar surface area (TPSA) is 26.3 Å². The smallest absolute Gasteiger partial charge is 0.341 e. The van der Waals surface area contributed by atoms with Crippen LogP contribution in [0.15, 0.2) is 12.1 Å². The number of carbonyl (C=O) groups excluding carboxylic acids is 1. The Morgan fingerprint density at radius 3 is 2.57 bits per heavy atom. The average molecular weight is 200 g/mol. The fourth-order valence-electron chi connectivity index (χ4n) is 1.16. The first-order chi connectivity index (χ1) is 6.56. The van der Waals surface area contributed by atoms with Crippen molar-refractivity contribution in [3.05, 3.63) is 34.9 Å². The van der Waals surface area contributed by atoms with Gasteiger partial charge in [-0.3, -0.25) is 0 Å². The molecule has 0 fully saturated rings. The molecule has 0 unspecified atom stereocenters. The molecule has 0 atom stereocenters. The number of carbonyl (C=O) groups is 1. The van der Waals surface area contributed by atoms with Gasteiger partial charge in [0, 0.05) is 6.07 Å². The summed E-state index contributed by atoms with van der Waals surface area (Å²) in [6.07, 6.45) is 0. The predicted octanol–water partition coefficient (Wildman–Crippen LogP) is 2.45. The van der Waals surface area contributed by atoms with E-state index in [2.05, 4.69) is 4.74 Å². The van der Waals surface area contributed by atoms with E-state index in [1.807, 2.05) is 0 Å². The van der Waals surface area contributed by atoms with Gasteiger partial charge in [-0.25, -0.2) is 13.6 Å². The van der Waals surface area contributed by atoms with Crippen molar-refractivity contribution in [2.75, 3.05) is 6.61 Å². The fraction of sp³-hybridized carbons (Fsp3) is 0.300. The van der Waals surface area contributed by atoms with Crippen LogP contribution in [0.3, 0.4) is 0 Å². The second-order valence-electron chi connectivity index (χ2n) is 2.80. The Kier molecular flexibility index (Phi) is 3.17. The van der Waals surface area contributed by atoms with Crippen LogP contribution in [0.25, 0.3) is 0 Å². The molecule has 0 saturated carbocycles. The summed E-state index contributed by atoms with van der Waals surface area (Å²) in [4.78, 5) is 11.2. The average Bonchev–Trinajstić information content (AvgIpc) is 2.01. The second-order valence-corrected chi connectivity index (χ2v) is 2.80. The molecule has 0 N–H and O–H groups in total. The molecule has 0 aliphatic carbocycles. The molecule has 0 spiro atoms. The van der Waals surface area contributed by atoms with Crippen LogP contribution >= 0.6 is 0 Å². The quantitative estimate of drug-likeness (QED) is 0.685. The molecular formula is C10H10F2O2. The molecule has 0 bridgehead atoms. The van der Waals surface area contributed by atoms with Crippen molar-refractivity contribution in [3.63, 3.8) is 0 Å². The zero-order chi connectivity index (χ0) is 10.7. The third kappa shape index (κ3) is 2.07. The number of hydrogen-bond acceptors (Lipinski definition) is 2. The lowest BCUT2D eigenvalue weighted by Crippen LogP contribution is -2.09. The highest BCUT2D eigenvalue weighted by molar-refractivity contribution is 5.91. The summed E-state index contributed by atoms with van der Waals surface area (Å²) in [7, 11) is 0. The number of esters is 1. The molecule has 2 nitrogen and oxygen atoms in total. The molecule has 14 heavy (non-hydrogen) atoms. The summed E-state index contributed by atoms with van der Waals surface area (Å²) in [5.41, 5.74) is 0.0363. The van der Waals surface area contributed by atoms with Crippen LogP contribution in [0.1, 0.15) is 22.8 Å². The van der Waals surface area contributed by atoms with Crippen molar-refractivity contribution in [1.82, 2.24) is 0 Å². The number of hydrogen-bond donors (Lipinski definition) is 0. The molecule has 0 radical (unpaired) electrons. The summed E-state index contributed by atoms with van der Waals surface area (Å²) in [6.45, 7) is 3.24. The standard InChI is InChI=1S/C10H10F2O2/c1-3-14-10(13)9-6(2)4-7(11)5-8(9)12/h4-5H,3H2,1-2H3. The molecule has 0 amide bonds. The van der Waals surface area contributed by atoms with Gasteiger partial charge in [-0.1, -0.05) is 0 Å². The van der Waals surface area contributed by atoms with Crippen LogP contribution in [-0.4, -0.2) is 12.6 Å². The SMILES string of the molecule is CCOC(=O)c1c(C)cc(F)cc1F. The lowest BCUT2D eigenvalue weighted by Gasteiger charge is -2.06. The lowest BCUT2D eigenvalue weighted by atomic mass is 10.1. The van der Waals surface area contributed by atoms with E-state index in [0.717, 1.165) is 6.07 Å². The minimum absolute atomic E-state index is 0.162. The first-order valence-corrected chi connectivity index (χ1v) is 4.19. The monoisotopic (exact) mass is 200 g/mol. The summed E-state index contributed by atoms with van der Waals surface area (Å²) in [5, 5.41) is 0. The Morgan fingerprint density at radius 1 is 1.43 bits per heavy atom. The maximum atomic E-state index is 13.1. The fourth-order valence-corrected chi connectivity index (χ4v) is 1.16. The zero-order valence-electron chi connectivity index (χ0n) is 7.93. The number of ether oxygens (including phenoxy) is 1. The summed E-state index contributed by atoms with van der Waals surface area (Å²) >= 11 is 0. The van der Waals surface area contributed by atoms with Crippen molar-refractivity contribution in [2.45, 2.75) is 13.8 Å². The number of halogens is 2. The maximum Gasteiger partial charge on any atom is 0.341 e. The van der Waals surface area contributed by atoms with E-state index in [0.29, 0.717) is 6.07 Å². The van der Waals surface area contributed by atoms with E-state index in [4.69, 9.17) is 0 Å². The van der Waals surface area contributed by atoms with Crippen molar-refractivity contribution < 1.29 is 18.3 Å². The van der Waals surface area contributed by atoms with Crippen molar-refractivity contribution in [1.29, 1.82) is 0 Å². The van der Waals surface area contributed by atoms with Crippen LogP contribution in [0.2, 0.25) is 0 Å². The van der Waals surface area contributed by atoms with Gasteiger partial charge in [0.1, 0.15) is 11.6 Å². The highest BCUT2D eigenvalue weighted by atomic mass is 19.1.